The fourth-order valence-corrected chi connectivity index (χ4v) is 5.07. The summed E-state index contributed by atoms with van der Waals surface area (Å²) >= 11 is 5.84. The second-order valence-electron chi connectivity index (χ2n) is 9.82. The summed E-state index contributed by atoms with van der Waals surface area (Å²) in [4.78, 5) is 22.5. The predicted molar refractivity (Wildman–Crippen MR) is 145 cm³/mol. The second-order valence-corrected chi connectivity index (χ2v) is 10.2. The maximum Gasteiger partial charge on any atom is 0.433 e. The van der Waals surface area contributed by atoms with Gasteiger partial charge in [0.25, 0.3) is 5.91 Å². The van der Waals surface area contributed by atoms with Crippen molar-refractivity contribution < 1.29 is 26.7 Å². The minimum absolute atomic E-state index is 0.0429. The normalized spacial score (nSPS) is 14.7. The Bertz CT molecular complexity index is 1540. The smallest absolute Gasteiger partial charge is 0.318 e. The lowest BCUT2D eigenvalue weighted by Crippen LogP contribution is -2.33. The van der Waals surface area contributed by atoms with Crippen LogP contribution in [0.2, 0.25) is 5.15 Å². The maximum atomic E-state index is 15.1. The highest BCUT2D eigenvalue weighted by molar-refractivity contribution is 6.29. The van der Waals surface area contributed by atoms with E-state index in [1.807, 2.05) is 24.3 Å². The Morgan fingerprint density at radius 2 is 1.59 bits per heavy atom. The number of carbonyl (C=O) groups is 1. The molecule has 5 nitrogen and oxygen atoms in total. The summed E-state index contributed by atoms with van der Waals surface area (Å²) in [7, 11) is 0. The summed E-state index contributed by atoms with van der Waals surface area (Å²) < 4.78 is 68.8. The average Bonchev–Trinajstić information content (AvgIpc) is 2.95. The minimum Gasteiger partial charge on any atom is -0.318 e. The molecule has 1 fully saturated rings. The van der Waals surface area contributed by atoms with Crippen LogP contribution in [-0.2, 0) is 12.7 Å². The van der Waals surface area contributed by atoms with Crippen molar-refractivity contribution in [1.29, 1.82) is 0 Å². The van der Waals surface area contributed by atoms with Crippen LogP contribution in [0.25, 0.3) is 11.1 Å². The van der Waals surface area contributed by atoms with Gasteiger partial charge in [0.15, 0.2) is 5.82 Å². The molecule has 5 rings (SSSR count). The van der Waals surface area contributed by atoms with E-state index in [1.54, 1.807) is 12.1 Å². The average molecular weight is 587 g/mol. The summed E-state index contributed by atoms with van der Waals surface area (Å²) in [5.74, 6) is -2.75. The SMILES string of the molecule is O=C(Nc1c(F)cc(C(F)(F)F)nc1C1CCN(Cc2ccc(-c3ccc(F)cc3)cc2)CC1)c1ccnc(Cl)c1. The first-order chi connectivity index (χ1) is 19.6. The lowest BCUT2D eigenvalue weighted by atomic mass is 9.91. The van der Waals surface area contributed by atoms with Gasteiger partial charge in [-0.05, 0) is 66.9 Å². The number of anilines is 1. The van der Waals surface area contributed by atoms with Crippen molar-refractivity contribution in [2.45, 2.75) is 31.5 Å². The molecule has 0 unspecified atom stereocenters. The molecule has 11 heteroatoms. The van der Waals surface area contributed by atoms with E-state index in [0.29, 0.717) is 38.5 Å². The van der Waals surface area contributed by atoms with E-state index in [-0.39, 0.29) is 27.9 Å². The highest BCUT2D eigenvalue weighted by atomic mass is 35.5. The van der Waals surface area contributed by atoms with Gasteiger partial charge >= 0.3 is 6.18 Å². The lowest BCUT2D eigenvalue weighted by molar-refractivity contribution is -0.141. The van der Waals surface area contributed by atoms with Crippen molar-refractivity contribution in [3.05, 3.63) is 112 Å². The molecule has 4 aromatic rings. The van der Waals surface area contributed by atoms with Gasteiger partial charge in [0.05, 0.1) is 11.4 Å². The van der Waals surface area contributed by atoms with Gasteiger partial charge in [-0.2, -0.15) is 13.2 Å². The summed E-state index contributed by atoms with van der Waals surface area (Å²) in [6.45, 7) is 1.70. The van der Waals surface area contributed by atoms with Gasteiger partial charge < -0.3 is 5.32 Å². The van der Waals surface area contributed by atoms with Crippen LogP contribution in [0.4, 0.5) is 27.6 Å². The molecule has 1 N–H and O–H groups in total. The maximum absolute atomic E-state index is 15.1. The van der Waals surface area contributed by atoms with Crippen molar-refractivity contribution >= 4 is 23.2 Å². The number of nitrogens with one attached hydrogen (secondary N) is 1. The van der Waals surface area contributed by atoms with Crippen molar-refractivity contribution in [1.82, 2.24) is 14.9 Å². The van der Waals surface area contributed by atoms with E-state index in [1.165, 1.54) is 30.5 Å². The summed E-state index contributed by atoms with van der Waals surface area (Å²) in [5, 5.41) is 2.45. The molecule has 0 radical (unpaired) electrons. The number of amides is 1. The highest BCUT2D eigenvalue weighted by Gasteiger charge is 2.36. The van der Waals surface area contributed by atoms with E-state index in [4.69, 9.17) is 11.6 Å². The molecule has 1 aliphatic rings. The zero-order valence-corrected chi connectivity index (χ0v) is 22.3. The number of alkyl halides is 3. The molecule has 41 heavy (non-hydrogen) atoms. The van der Waals surface area contributed by atoms with Crippen LogP contribution >= 0.6 is 11.6 Å². The van der Waals surface area contributed by atoms with Crippen LogP contribution in [0.3, 0.4) is 0 Å². The molecule has 0 aliphatic carbocycles. The molecule has 0 saturated carbocycles. The standard InChI is InChI=1S/C30H24ClF5N4O/c31-26-15-22(9-12-37-26)29(41)39-28-24(33)16-25(30(34,35)36)38-27(28)21-10-13-40(14-11-21)17-18-1-3-19(4-2-18)20-5-7-23(32)8-6-20/h1-9,12,15-16,21H,10-11,13-14,17H2,(H,39,41). The van der Waals surface area contributed by atoms with Crippen LogP contribution in [0.15, 0.2) is 72.9 Å². The van der Waals surface area contributed by atoms with Crippen LogP contribution in [0, 0.1) is 11.6 Å². The van der Waals surface area contributed by atoms with Crippen LogP contribution in [0.1, 0.15) is 46.1 Å². The van der Waals surface area contributed by atoms with Gasteiger partial charge in [0.1, 0.15) is 16.7 Å². The third kappa shape index (κ3) is 6.89. The molecule has 3 heterocycles. The third-order valence-electron chi connectivity index (χ3n) is 7.03. The van der Waals surface area contributed by atoms with Gasteiger partial charge in [-0.1, -0.05) is 48.0 Å². The van der Waals surface area contributed by atoms with Crippen LogP contribution in [-0.4, -0.2) is 33.9 Å². The number of nitrogens with zero attached hydrogens (tertiary/aromatic N) is 3. The number of likely N-dealkylation sites (tertiary alicyclic amines) is 1. The molecule has 2 aromatic carbocycles. The topological polar surface area (TPSA) is 58.1 Å². The molecule has 0 spiro atoms. The number of rotatable bonds is 6. The van der Waals surface area contributed by atoms with Crippen molar-refractivity contribution in [2.75, 3.05) is 18.4 Å². The Kier molecular flexibility index (Phi) is 8.32. The highest BCUT2D eigenvalue weighted by Crippen LogP contribution is 2.38. The van der Waals surface area contributed by atoms with Crippen molar-refractivity contribution in [3.8, 4) is 11.1 Å². The monoisotopic (exact) mass is 586 g/mol. The molecular weight excluding hydrogens is 563 g/mol. The quantitative estimate of drug-likeness (QED) is 0.186. The first kappa shape index (κ1) is 28.6. The first-order valence-corrected chi connectivity index (χ1v) is 13.2. The molecule has 1 saturated heterocycles. The number of piperidine rings is 1. The molecular formula is C30H24ClF5N4O. The summed E-state index contributed by atoms with van der Waals surface area (Å²) in [5.41, 5.74) is 1.12. The number of hydrogen-bond acceptors (Lipinski definition) is 4. The van der Waals surface area contributed by atoms with E-state index in [2.05, 4.69) is 20.2 Å². The van der Waals surface area contributed by atoms with E-state index in [9.17, 15) is 22.4 Å². The fourth-order valence-electron chi connectivity index (χ4n) is 4.89. The number of pyridine rings is 2. The molecule has 1 amide bonds. The van der Waals surface area contributed by atoms with Gasteiger partial charge in [-0.15, -0.1) is 0 Å². The lowest BCUT2D eigenvalue weighted by Gasteiger charge is -2.32. The van der Waals surface area contributed by atoms with Crippen LogP contribution in [0.5, 0.6) is 0 Å². The van der Waals surface area contributed by atoms with Crippen LogP contribution < -0.4 is 5.32 Å². The number of halogens is 6. The fraction of sp³-hybridized carbons (Fsp3) is 0.233. The predicted octanol–water partition coefficient (Wildman–Crippen LogP) is 7.73. The minimum atomic E-state index is -4.85. The van der Waals surface area contributed by atoms with E-state index >= 15 is 4.39 Å². The Hall–Kier alpha value is -3.89. The largest absolute Gasteiger partial charge is 0.433 e. The Labute approximate surface area is 238 Å². The van der Waals surface area contributed by atoms with Crippen molar-refractivity contribution in [3.63, 3.8) is 0 Å². The van der Waals surface area contributed by atoms with Gasteiger partial charge in [0, 0.05) is 30.3 Å². The third-order valence-corrected chi connectivity index (χ3v) is 7.24. The Balaban J connectivity index is 1.30. The van der Waals surface area contributed by atoms with E-state index < -0.39 is 29.5 Å². The van der Waals surface area contributed by atoms with Gasteiger partial charge in [0.2, 0.25) is 0 Å². The molecule has 0 atom stereocenters. The number of aromatic nitrogens is 2. The summed E-state index contributed by atoms with van der Waals surface area (Å²) in [6.07, 6.45) is -2.71. The summed E-state index contributed by atoms with van der Waals surface area (Å²) in [6, 6.07) is 17.0. The second kappa shape index (κ2) is 11.9. The van der Waals surface area contributed by atoms with E-state index in [0.717, 1.165) is 16.7 Å². The molecule has 1 aliphatic heterocycles. The van der Waals surface area contributed by atoms with Crippen molar-refractivity contribution in [2.24, 2.45) is 0 Å². The molecule has 2 aromatic heterocycles. The Morgan fingerprint density at radius 3 is 2.20 bits per heavy atom. The molecule has 212 valence electrons. The zero-order valence-electron chi connectivity index (χ0n) is 21.6. The number of hydrogen-bond donors (Lipinski definition) is 1. The van der Waals surface area contributed by atoms with Gasteiger partial charge in [-0.3, -0.25) is 9.69 Å². The number of carbonyl (C=O) groups excluding carboxylic acids is 1. The Morgan fingerprint density at radius 1 is 0.951 bits per heavy atom. The first-order valence-electron chi connectivity index (χ1n) is 12.8. The zero-order chi connectivity index (χ0) is 29.1. The molecule has 0 bridgehead atoms. The van der Waals surface area contributed by atoms with Gasteiger partial charge in [-0.25, -0.2) is 18.7 Å². The number of benzene rings is 2.